The van der Waals surface area contributed by atoms with Crippen molar-refractivity contribution < 1.29 is 14.3 Å². The molecule has 0 fully saturated rings. The number of esters is 1. The van der Waals surface area contributed by atoms with Gasteiger partial charge in [-0.2, -0.15) is 5.10 Å². The van der Waals surface area contributed by atoms with Gasteiger partial charge in [-0.05, 0) is 26.0 Å². The zero-order valence-electron chi connectivity index (χ0n) is 10.7. The van der Waals surface area contributed by atoms with E-state index < -0.39 is 11.9 Å². The molecule has 2 rings (SSSR count). The number of allylic oxidation sites excluding steroid dienone is 2. The molecule has 1 aliphatic heterocycles. The smallest absolute Gasteiger partial charge is 0.327 e. The van der Waals surface area contributed by atoms with E-state index in [0.717, 1.165) is 5.69 Å². The second-order valence-electron chi connectivity index (χ2n) is 4.24. The fourth-order valence-electron chi connectivity index (χ4n) is 1.75. The number of ether oxygens (including phenoxy) is 1. The molecule has 1 atom stereocenters. The summed E-state index contributed by atoms with van der Waals surface area (Å²) in [5.41, 5.74) is 3.96. The summed E-state index contributed by atoms with van der Waals surface area (Å²) in [6.45, 7) is 3.19. The third-order valence-corrected chi connectivity index (χ3v) is 2.68. The molecule has 1 aromatic rings. The van der Waals surface area contributed by atoms with Crippen LogP contribution in [-0.2, 0) is 14.3 Å². The second kappa shape index (κ2) is 5.48. The van der Waals surface area contributed by atoms with Crippen LogP contribution in [0.2, 0.25) is 0 Å². The third-order valence-electron chi connectivity index (χ3n) is 2.68. The van der Waals surface area contributed by atoms with Gasteiger partial charge in [0.05, 0.1) is 11.4 Å². The molecule has 5 heteroatoms. The van der Waals surface area contributed by atoms with E-state index in [0.29, 0.717) is 11.5 Å². The number of nitrogens with one attached hydrogen (secondary N) is 1. The van der Waals surface area contributed by atoms with Gasteiger partial charge in [-0.25, -0.2) is 0 Å². The monoisotopic (exact) mass is 258 g/mol. The van der Waals surface area contributed by atoms with Gasteiger partial charge in [-0.15, -0.1) is 0 Å². The molecule has 0 bridgehead atoms. The van der Waals surface area contributed by atoms with Crippen molar-refractivity contribution in [1.82, 2.24) is 0 Å². The first-order valence-corrected chi connectivity index (χ1v) is 5.87. The maximum absolute atomic E-state index is 11.8. The topological polar surface area (TPSA) is 67.8 Å². The summed E-state index contributed by atoms with van der Waals surface area (Å²) in [5.74, 6) is -1.53. The number of hydrazone groups is 1. The zero-order chi connectivity index (χ0) is 13.8. The van der Waals surface area contributed by atoms with Gasteiger partial charge in [0.25, 0.3) is 0 Å². The van der Waals surface area contributed by atoms with Crippen molar-refractivity contribution in [2.24, 2.45) is 11.0 Å². The Balaban J connectivity index is 2.13. The fraction of sp³-hybridized carbons (Fsp3) is 0.214. The molecule has 19 heavy (non-hydrogen) atoms. The highest BCUT2D eigenvalue weighted by Gasteiger charge is 2.33. The van der Waals surface area contributed by atoms with E-state index in [4.69, 9.17) is 4.74 Å². The van der Waals surface area contributed by atoms with E-state index in [1.54, 1.807) is 13.8 Å². The Morgan fingerprint density at radius 1 is 1.26 bits per heavy atom. The molecule has 1 aromatic carbocycles. The number of hydrogen-bond donors (Lipinski definition) is 1. The summed E-state index contributed by atoms with van der Waals surface area (Å²) in [6.07, 6.45) is 1.31. The molecule has 0 saturated carbocycles. The van der Waals surface area contributed by atoms with E-state index in [1.807, 2.05) is 30.3 Å². The van der Waals surface area contributed by atoms with Crippen LogP contribution in [0.5, 0.6) is 0 Å². The van der Waals surface area contributed by atoms with Crippen LogP contribution in [0.4, 0.5) is 5.69 Å². The van der Waals surface area contributed by atoms with Crippen LogP contribution in [0.3, 0.4) is 0 Å². The number of nitrogens with zero attached hydrogens (tertiary/aromatic N) is 1. The van der Waals surface area contributed by atoms with Crippen LogP contribution in [0.25, 0.3) is 0 Å². The van der Waals surface area contributed by atoms with Gasteiger partial charge in [0, 0.05) is 6.08 Å². The minimum absolute atomic E-state index is 0.301. The normalized spacial score (nSPS) is 19.8. The Hall–Kier alpha value is -2.43. The molecular weight excluding hydrogens is 244 g/mol. The maximum atomic E-state index is 11.8. The lowest BCUT2D eigenvalue weighted by atomic mass is 9.97. The van der Waals surface area contributed by atoms with E-state index in [-0.39, 0.29) is 5.78 Å². The predicted molar refractivity (Wildman–Crippen MR) is 71.5 cm³/mol. The molecule has 0 saturated heterocycles. The minimum atomic E-state index is -0.958. The highest BCUT2D eigenvalue weighted by atomic mass is 16.5. The Morgan fingerprint density at radius 2 is 1.95 bits per heavy atom. The largest absolute Gasteiger partial charge is 0.430 e. The summed E-state index contributed by atoms with van der Waals surface area (Å²) < 4.78 is 4.94. The summed E-state index contributed by atoms with van der Waals surface area (Å²) in [7, 11) is 0. The van der Waals surface area contributed by atoms with Crippen molar-refractivity contribution in [2.75, 3.05) is 5.43 Å². The average Bonchev–Trinajstić information content (AvgIpc) is 2.36. The van der Waals surface area contributed by atoms with Gasteiger partial charge >= 0.3 is 5.97 Å². The maximum Gasteiger partial charge on any atom is 0.327 e. The standard InChI is InChI=1S/C14H14N2O3/c1-9-8-12(17)13(14(18)19-9)10(2)15-16-11-6-4-3-5-7-11/h3-8,13,16H,1-2H3/b15-10+/t13-/m1/s1. The quantitative estimate of drug-likeness (QED) is 0.390. The lowest BCUT2D eigenvalue weighted by Gasteiger charge is -2.18. The molecule has 0 amide bonds. The van der Waals surface area contributed by atoms with Crippen LogP contribution < -0.4 is 5.43 Å². The summed E-state index contributed by atoms with van der Waals surface area (Å²) in [6, 6.07) is 9.28. The van der Waals surface area contributed by atoms with Crippen molar-refractivity contribution in [2.45, 2.75) is 13.8 Å². The van der Waals surface area contributed by atoms with Crippen LogP contribution in [0.15, 0.2) is 47.3 Å². The lowest BCUT2D eigenvalue weighted by Crippen LogP contribution is -2.34. The average molecular weight is 258 g/mol. The number of rotatable bonds is 3. The molecule has 0 aliphatic carbocycles. The minimum Gasteiger partial charge on any atom is -0.430 e. The SMILES string of the molecule is CC1=CC(=O)[C@@H](/C(C)=N/Nc2ccccc2)C(=O)O1. The molecule has 0 aromatic heterocycles. The first-order chi connectivity index (χ1) is 9.08. The molecule has 5 nitrogen and oxygen atoms in total. The van der Waals surface area contributed by atoms with Crippen molar-refractivity contribution in [1.29, 1.82) is 0 Å². The van der Waals surface area contributed by atoms with Crippen molar-refractivity contribution in [3.8, 4) is 0 Å². The molecular formula is C14H14N2O3. The molecule has 1 N–H and O–H groups in total. The third kappa shape index (κ3) is 3.07. The Bertz CT molecular complexity index is 561. The number of hydrogen-bond acceptors (Lipinski definition) is 5. The highest BCUT2D eigenvalue weighted by molar-refractivity contribution is 6.22. The zero-order valence-corrected chi connectivity index (χ0v) is 10.7. The van der Waals surface area contributed by atoms with Crippen LogP contribution in [-0.4, -0.2) is 17.5 Å². The van der Waals surface area contributed by atoms with E-state index in [9.17, 15) is 9.59 Å². The molecule has 0 unspecified atom stereocenters. The van der Waals surface area contributed by atoms with E-state index >= 15 is 0 Å². The summed E-state index contributed by atoms with van der Waals surface area (Å²) in [5, 5.41) is 4.06. The number of carbonyl (C=O) groups is 2. The van der Waals surface area contributed by atoms with E-state index in [2.05, 4.69) is 10.5 Å². The Labute approximate surface area is 111 Å². The van der Waals surface area contributed by atoms with Gasteiger partial charge in [0.15, 0.2) is 11.7 Å². The van der Waals surface area contributed by atoms with Crippen LogP contribution in [0, 0.1) is 5.92 Å². The summed E-state index contributed by atoms with van der Waals surface area (Å²) >= 11 is 0. The molecule has 0 radical (unpaired) electrons. The molecule has 1 heterocycles. The predicted octanol–water partition coefficient (Wildman–Crippen LogP) is 2.12. The van der Waals surface area contributed by atoms with Gasteiger partial charge in [-0.1, -0.05) is 18.2 Å². The first-order valence-electron chi connectivity index (χ1n) is 5.87. The lowest BCUT2D eigenvalue weighted by molar-refractivity contribution is -0.146. The Kier molecular flexibility index (Phi) is 3.75. The molecule has 1 aliphatic rings. The molecule has 98 valence electrons. The number of para-hydroxylation sites is 1. The van der Waals surface area contributed by atoms with Crippen molar-refractivity contribution >= 4 is 23.2 Å². The second-order valence-corrected chi connectivity index (χ2v) is 4.24. The fourth-order valence-corrected chi connectivity index (χ4v) is 1.75. The van der Waals surface area contributed by atoms with Crippen LogP contribution >= 0.6 is 0 Å². The van der Waals surface area contributed by atoms with Crippen molar-refractivity contribution in [3.63, 3.8) is 0 Å². The summed E-state index contributed by atoms with van der Waals surface area (Å²) in [4.78, 5) is 23.5. The number of benzene rings is 1. The Morgan fingerprint density at radius 3 is 2.58 bits per heavy atom. The van der Waals surface area contributed by atoms with Gasteiger partial charge in [0.1, 0.15) is 5.76 Å². The van der Waals surface area contributed by atoms with Gasteiger partial charge in [0.2, 0.25) is 0 Å². The number of cyclic esters (lactones) is 1. The van der Waals surface area contributed by atoms with E-state index in [1.165, 1.54) is 6.08 Å². The number of carbonyl (C=O) groups excluding carboxylic acids is 2. The van der Waals surface area contributed by atoms with Gasteiger partial charge in [-0.3, -0.25) is 15.0 Å². The highest BCUT2D eigenvalue weighted by Crippen LogP contribution is 2.16. The van der Waals surface area contributed by atoms with Gasteiger partial charge < -0.3 is 4.74 Å². The number of anilines is 1. The first kappa shape index (κ1) is 13.0. The molecule has 0 spiro atoms. The van der Waals surface area contributed by atoms with Crippen LogP contribution in [0.1, 0.15) is 13.8 Å². The van der Waals surface area contributed by atoms with Crippen molar-refractivity contribution in [3.05, 3.63) is 42.2 Å². The number of ketones is 1.